The van der Waals surface area contributed by atoms with E-state index in [4.69, 9.17) is 4.74 Å². The molecule has 2 unspecified atom stereocenters. The molecule has 0 radical (unpaired) electrons. The molecule has 2 atom stereocenters. The Balaban J connectivity index is 2.61. The summed E-state index contributed by atoms with van der Waals surface area (Å²) in [7, 11) is 0. The summed E-state index contributed by atoms with van der Waals surface area (Å²) in [5.41, 5.74) is 2.38. The minimum Gasteiger partial charge on any atom is -0.444 e. The summed E-state index contributed by atoms with van der Waals surface area (Å²) >= 11 is 0. The predicted octanol–water partition coefficient (Wildman–Crippen LogP) is 5.63. The van der Waals surface area contributed by atoms with Gasteiger partial charge in [-0.05, 0) is 91.5 Å². The number of carbonyl (C=O) groups is 3. The number of ether oxygens (including phenoxy) is 1. The number of carbonyl (C=O) groups excluding carboxylic acids is 3. The van der Waals surface area contributed by atoms with E-state index >= 15 is 0 Å². The van der Waals surface area contributed by atoms with E-state index in [-0.39, 0.29) is 24.3 Å². The highest BCUT2D eigenvalue weighted by molar-refractivity contribution is 5.93. The second-order valence-electron chi connectivity index (χ2n) is 12.2. The number of nitrogens with zero attached hydrogens (tertiary/aromatic N) is 1. The Bertz CT molecular complexity index is 1110. The number of rotatable bonds is 8. The number of nitrogens with one attached hydrogen (secondary N) is 2. The highest BCUT2D eigenvalue weighted by atomic mass is 16.6. The van der Waals surface area contributed by atoms with Crippen molar-refractivity contribution in [1.82, 2.24) is 15.5 Å². The Labute approximate surface area is 228 Å². The van der Waals surface area contributed by atoms with Crippen LogP contribution in [0, 0.1) is 13.8 Å². The summed E-state index contributed by atoms with van der Waals surface area (Å²) in [5.74, 6) is -0.631. The Morgan fingerprint density at radius 2 is 1.50 bits per heavy atom. The summed E-state index contributed by atoms with van der Waals surface area (Å²) in [6.07, 6.45) is -0.430. The second kappa shape index (κ2) is 12.5. The van der Waals surface area contributed by atoms with Gasteiger partial charge < -0.3 is 20.3 Å². The van der Waals surface area contributed by atoms with Gasteiger partial charge in [0.25, 0.3) is 0 Å². The van der Waals surface area contributed by atoms with E-state index in [0.29, 0.717) is 0 Å². The molecule has 2 N–H and O–H groups in total. The lowest BCUT2D eigenvalue weighted by atomic mass is 9.93. The molecule has 7 nitrogen and oxygen atoms in total. The van der Waals surface area contributed by atoms with Crippen LogP contribution in [0.3, 0.4) is 0 Å². The van der Waals surface area contributed by atoms with Gasteiger partial charge in [0.05, 0.1) is 0 Å². The smallest absolute Gasteiger partial charge is 0.408 e. The van der Waals surface area contributed by atoms with Crippen molar-refractivity contribution in [2.24, 2.45) is 0 Å². The Hall–Kier alpha value is -3.35. The molecule has 208 valence electrons. The highest BCUT2D eigenvalue weighted by Gasteiger charge is 2.39. The molecule has 0 bridgehead atoms. The van der Waals surface area contributed by atoms with Gasteiger partial charge in [0.15, 0.2) is 0 Å². The van der Waals surface area contributed by atoms with Crippen LogP contribution in [0.15, 0.2) is 48.5 Å². The number of hydrogen-bond acceptors (Lipinski definition) is 4. The SMILES string of the molecule is Cc1cccc(C(C(=O)NC(C)(C)C)N(C(=O)C(Cc2ccccc2)NC(=O)OC(C)(C)C)C(C)C)c1C. The fraction of sp³-hybridized carbons (Fsp3) is 0.516. The summed E-state index contributed by atoms with van der Waals surface area (Å²) in [5, 5.41) is 5.86. The van der Waals surface area contributed by atoms with E-state index in [1.54, 1.807) is 25.7 Å². The molecule has 0 aromatic heterocycles. The Morgan fingerprint density at radius 1 is 0.895 bits per heavy atom. The van der Waals surface area contributed by atoms with Crippen molar-refractivity contribution < 1.29 is 19.1 Å². The van der Waals surface area contributed by atoms with E-state index in [0.717, 1.165) is 22.3 Å². The van der Waals surface area contributed by atoms with Crippen LogP contribution < -0.4 is 10.6 Å². The van der Waals surface area contributed by atoms with Crippen LogP contribution in [0.1, 0.15) is 83.7 Å². The normalized spacial score (nSPS) is 13.4. The molecule has 0 spiro atoms. The number of aryl methyl sites for hydroxylation is 1. The first-order valence-corrected chi connectivity index (χ1v) is 13.2. The zero-order valence-corrected chi connectivity index (χ0v) is 24.6. The van der Waals surface area contributed by atoms with Crippen molar-refractivity contribution in [2.45, 2.75) is 105 Å². The zero-order chi connectivity index (χ0) is 28.8. The van der Waals surface area contributed by atoms with Gasteiger partial charge >= 0.3 is 6.09 Å². The van der Waals surface area contributed by atoms with Gasteiger partial charge in [0, 0.05) is 18.0 Å². The van der Waals surface area contributed by atoms with Crippen molar-refractivity contribution in [3.05, 3.63) is 70.8 Å². The van der Waals surface area contributed by atoms with E-state index in [1.807, 2.05) is 97.0 Å². The molecular weight excluding hydrogens is 478 g/mol. The van der Waals surface area contributed by atoms with Crippen molar-refractivity contribution >= 4 is 17.9 Å². The summed E-state index contributed by atoms with van der Waals surface area (Å²) in [6, 6.07) is 13.1. The summed E-state index contributed by atoms with van der Waals surface area (Å²) in [4.78, 5) is 42.6. The molecule has 38 heavy (non-hydrogen) atoms. The molecule has 0 aliphatic heterocycles. The molecule has 0 aliphatic rings. The molecule has 2 aromatic rings. The van der Waals surface area contributed by atoms with E-state index in [1.165, 1.54) is 0 Å². The van der Waals surface area contributed by atoms with Gasteiger partial charge in [-0.1, -0.05) is 48.5 Å². The van der Waals surface area contributed by atoms with Crippen LogP contribution >= 0.6 is 0 Å². The van der Waals surface area contributed by atoms with Crippen molar-refractivity contribution in [3.63, 3.8) is 0 Å². The maximum atomic E-state index is 14.3. The van der Waals surface area contributed by atoms with Crippen LogP contribution in [0.25, 0.3) is 0 Å². The lowest BCUT2D eigenvalue weighted by molar-refractivity contribution is -0.145. The van der Waals surface area contributed by atoms with Gasteiger partial charge in [0.2, 0.25) is 11.8 Å². The van der Waals surface area contributed by atoms with Crippen LogP contribution in [0.4, 0.5) is 4.79 Å². The topological polar surface area (TPSA) is 87.7 Å². The van der Waals surface area contributed by atoms with Gasteiger partial charge in [-0.15, -0.1) is 0 Å². The first kappa shape index (κ1) is 30.9. The average molecular weight is 524 g/mol. The molecule has 0 heterocycles. The molecule has 2 aromatic carbocycles. The average Bonchev–Trinajstić information content (AvgIpc) is 2.76. The second-order valence-corrected chi connectivity index (χ2v) is 12.2. The largest absolute Gasteiger partial charge is 0.444 e. The fourth-order valence-electron chi connectivity index (χ4n) is 4.28. The van der Waals surface area contributed by atoms with Gasteiger partial charge in [-0.2, -0.15) is 0 Å². The molecule has 0 fully saturated rings. The first-order valence-electron chi connectivity index (χ1n) is 13.2. The van der Waals surface area contributed by atoms with Gasteiger partial charge in [-0.25, -0.2) is 4.79 Å². The molecule has 0 aliphatic carbocycles. The maximum Gasteiger partial charge on any atom is 0.408 e. The van der Waals surface area contributed by atoms with E-state index in [9.17, 15) is 14.4 Å². The van der Waals surface area contributed by atoms with Crippen molar-refractivity contribution in [1.29, 1.82) is 0 Å². The Morgan fingerprint density at radius 3 is 2.03 bits per heavy atom. The molecule has 2 rings (SSSR count). The minimum absolute atomic E-state index is 0.253. The standard InChI is InChI=1S/C31H45N3O4/c1-20(2)34(26(27(35)33-30(5,6)7)24-18-14-15-21(3)22(24)4)28(36)25(19-23-16-12-11-13-17-23)32-29(37)38-31(8,9)10/h11-18,20,25-26H,19H2,1-10H3,(H,32,37)(H,33,35). The fourth-order valence-corrected chi connectivity index (χ4v) is 4.28. The lowest BCUT2D eigenvalue weighted by Crippen LogP contribution is -2.57. The van der Waals surface area contributed by atoms with Crippen LogP contribution in [0.2, 0.25) is 0 Å². The van der Waals surface area contributed by atoms with E-state index < -0.39 is 29.3 Å². The predicted molar refractivity (Wildman–Crippen MR) is 152 cm³/mol. The van der Waals surface area contributed by atoms with Gasteiger partial charge in [0.1, 0.15) is 17.7 Å². The van der Waals surface area contributed by atoms with Crippen LogP contribution in [-0.2, 0) is 20.7 Å². The molecular formula is C31H45N3O4. The van der Waals surface area contributed by atoms with Crippen molar-refractivity contribution in [2.75, 3.05) is 0 Å². The number of amides is 3. The molecule has 0 saturated carbocycles. The minimum atomic E-state index is -0.940. The number of hydrogen-bond donors (Lipinski definition) is 2. The highest BCUT2D eigenvalue weighted by Crippen LogP contribution is 2.30. The monoisotopic (exact) mass is 523 g/mol. The number of benzene rings is 2. The van der Waals surface area contributed by atoms with Crippen LogP contribution in [-0.4, -0.2) is 46.0 Å². The van der Waals surface area contributed by atoms with E-state index in [2.05, 4.69) is 10.6 Å². The Kier molecular flexibility index (Phi) is 10.1. The quantitative estimate of drug-likeness (QED) is 0.469. The molecule has 3 amide bonds. The lowest BCUT2D eigenvalue weighted by Gasteiger charge is -2.39. The maximum absolute atomic E-state index is 14.3. The molecule has 0 saturated heterocycles. The third kappa shape index (κ3) is 8.89. The third-order valence-corrected chi connectivity index (χ3v) is 6.05. The summed E-state index contributed by atoms with van der Waals surface area (Å²) in [6.45, 7) is 18.8. The zero-order valence-electron chi connectivity index (χ0n) is 24.6. The molecule has 7 heteroatoms. The first-order chi connectivity index (χ1) is 17.5. The van der Waals surface area contributed by atoms with Gasteiger partial charge in [-0.3, -0.25) is 9.59 Å². The summed E-state index contributed by atoms with van der Waals surface area (Å²) < 4.78 is 5.49. The van der Waals surface area contributed by atoms with Crippen molar-refractivity contribution in [3.8, 4) is 0 Å². The number of alkyl carbamates (subject to hydrolysis) is 1. The van der Waals surface area contributed by atoms with Crippen LogP contribution in [0.5, 0.6) is 0 Å². The third-order valence-electron chi connectivity index (χ3n) is 6.05.